The SMILES string of the molecule is NNC(Cc1ccc(Br)s1)CC1CCCCCC1. The maximum atomic E-state index is 5.73. The molecule has 1 aromatic heterocycles. The molecule has 0 aliphatic heterocycles. The highest BCUT2D eigenvalue weighted by atomic mass is 79.9. The third-order valence-corrected chi connectivity index (χ3v) is 5.55. The molecule has 18 heavy (non-hydrogen) atoms. The van der Waals surface area contributed by atoms with Crippen molar-refractivity contribution in [2.24, 2.45) is 11.8 Å². The van der Waals surface area contributed by atoms with E-state index in [0.29, 0.717) is 6.04 Å². The summed E-state index contributed by atoms with van der Waals surface area (Å²) in [6.07, 6.45) is 10.7. The highest BCUT2D eigenvalue weighted by molar-refractivity contribution is 9.11. The van der Waals surface area contributed by atoms with Gasteiger partial charge in [0.15, 0.2) is 0 Å². The third-order valence-electron chi connectivity index (χ3n) is 3.90. The molecule has 1 saturated carbocycles. The van der Waals surface area contributed by atoms with Crippen molar-refractivity contribution in [2.75, 3.05) is 0 Å². The number of hydrogen-bond donors (Lipinski definition) is 2. The van der Waals surface area contributed by atoms with Crippen LogP contribution in [0.5, 0.6) is 0 Å². The van der Waals surface area contributed by atoms with Crippen molar-refractivity contribution in [1.82, 2.24) is 5.43 Å². The molecular weight excluding hydrogens is 308 g/mol. The zero-order valence-corrected chi connectivity index (χ0v) is 13.2. The number of hydrogen-bond acceptors (Lipinski definition) is 3. The van der Waals surface area contributed by atoms with E-state index in [2.05, 4.69) is 33.5 Å². The molecule has 1 atom stereocenters. The average Bonchev–Trinajstić information content (AvgIpc) is 2.63. The summed E-state index contributed by atoms with van der Waals surface area (Å²) in [4.78, 5) is 1.42. The molecule has 102 valence electrons. The lowest BCUT2D eigenvalue weighted by molar-refractivity contribution is 0.353. The van der Waals surface area contributed by atoms with Gasteiger partial charge < -0.3 is 0 Å². The molecule has 0 spiro atoms. The Hall–Kier alpha value is 0.1000. The molecule has 3 N–H and O–H groups in total. The summed E-state index contributed by atoms with van der Waals surface area (Å²) in [7, 11) is 0. The highest BCUT2D eigenvalue weighted by Gasteiger charge is 2.18. The van der Waals surface area contributed by atoms with Gasteiger partial charge in [0.05, 0.1) is 3.79 Å². The van der Waals surface area contributed by atoms with E-state index < -0.39 is 0 Å². The summed E-state index contributed by atoms with van der Waals surface area (Å²) >= 11 is 5.34. The van der Waals surface area contributed by atoms with E-state index in [-0.39, 0.29) is 0 Å². The summed E-state index contributed by atoms with van der Waals surface area (Å²) in [6, 6.07) is 4.75. The van der Waals surface area contributed by atoms with Crippen molar-refractivity contribution < 1.29 is 0 Å². The van der Waals surface area contributed by atoms with Crippen LogP contribution in [0.3, 0.4) is 0 Å². The molecule has 1 aliphatic rings. The molecule has 1 aromatic rings. The topological polar surface area (TPSA) is 38.0 Å². The van der Waals surface area contributed by atoms with Crippen LogP contribution in [-0.2, 0) is 6.42 Å². The molecule has 0 bridgehead atoms. The van der Waals surface area contributed by atoms with E-state index in [1.54, 1.807) is 0 Å². The second-order valence-electron chi connectivity index (χ2n) is 5.37. The van der Waals surface area contributed by atoms with Gasteiger partial charge >= 0.3 is 0 Å². The zero-order chi connectivity index (χ0) is 12.8. The first-order valence-electron chi connectivity index (χ1n) is 6.98. The quantitative estimate of drug-likeness (QED) is 0.481. The van der Waals surface area contributed by atoms with Gasteiger partial charge in [-0.15, -0.1) is 11.3 Å². The second kappa shape index (κ2) is 7.63. The molecule has 0 aromatic carbocycles. The first kappa shape index (κ1) is 14.5. The molecular formula is C14H23BrN2S. The Kier molecular flexibility index (Phi) is 6.15. The highest BCUT2D eigenvalue weighted by Crippen LogP contribution is 2.28. The fraction of sp³-hybridized carbons (Fsp3) is 0.714. The van der Waals surface area contributed by atoms with E-state index >= 15 is 0 Å². The Morgan fingerprint density at radius 3 is 2.56 bits per heavy atom. The Morgan fingerprint density at radius 1 is 1.28 bits per heavy atom. The molecule has 2 nitrogen and oxygen atoms in total. The summed E-state index contributed by atoms with van der Waals surface area (Å²) in [5.74, 6) is 6.60. The largest absolute Gasteiger partial charge is 0.271 e. The smallest absolute Gasteiger partial charge is 0.0701 e. The molecule has 0 saturated heterocycles. The molecule has 1 unspecified atom stereocenters. The lowest BCUT2D eigenvalue weighted by Gasteiger charge is -2.21. The molecule has 2 rings (SSSR count). The second-order valence-corrected chi connectivity index (χ2v) is 7.91. The van der Waals surface area contributed by atoms with Gasteiger partial charge in [0, 0.05) is 10.9 Å². The van der Waals surface area contributed by atoms with Crippen molar-refractivity contribution >= 4 is 27.3 Å². The summed E-state index contributed by atoms with van der Waals surface area (Å²) in [5.41, 5.74) is 3.02. The maximum absolute atomic E-state index is 5.73. The van der Waals surface area contributed by atoms with Gasteiger partial charge in [-0.3, -0.25) is 11.3 Å². The van der Waals surface area contributed by atoms with Crippen LogP contribution in [0.15, 0.2) is 15.9 Å². The van der Waals surface area contributed by atoms with E-state index in [9.17, 15) is 0 Å². The van der Waals surface area contributed by atoms with Crippen molar-refractivity contribution in [3.63, 3.8) is 0 Å². The molecule has 1 heterocycles. The Bertz CT molecular complexity index is 345. The Morgan fingerprint density at radius 2 is 2.00 bits per heavy atom. The van der Waals surface area contributed by atoms with Crippen LogP contribution in [0.1, 0.15) is 49.8 Å². The first-order chi connectivity index (χ1) is 8.78. The maximum Gasteiger partial charge on any atom is 0.0701 e. The van der Waals surface area contributed by atoms with Gasteiger partial charge in [-0.1, -0.05) is 38.5 Å². The minimum Gasteiger partial charge on any atom is -0.271 e. The van der Waals surface area contributed by atoms with Crippen molar-refractivity contribution in [3.8, 4) is 0 Å². The first-order valence-corrected chi connectivity index (χ1v) is 8.59. The minimum atomic E-state index is 0.429. The summed E-state index contributed by atoms with van der Waals surface area (Å²) < 4.78 is 1.21. The zero-order valence-electron chi connectivity index (χ0n) is 10.8. The van der Waals surface area contributed by atoms with Crippen LogP contribution in [0.4, 0.5) is 0 Å². The van der Waals surface area contributed by atoms with Crippen LogP contribution >= 0.6 is 27.3 Å². The van der Waals surface area contributed by atoms with Crippen LogP contribution in [0.25, 0.3) is 0 Å². The monoisotopic (exact) mass is 330 g/mol. The summed E-state index contributed by atoms with van der Waals surface area (Å²) in [5, 5.41) is 0. The standard InChI is InChI=1S/C14H23BrN2S/c15-14-8-7-13(18-14)10-12(17-16)9-11-5-3-1-2-4-6-11/h7-8,11-12,17H,1-6,9-10,16H2. The van der Waals surface area contributed by atoms with Crippen molar-refractivity contribution in [1.29, 1.82) is 0 Å². The molecule has 4 heteroatoms. The van der Waals surface area contributed by atoms with Crippen molar-refractivity contribution in [2.45, 2.75) is 57.4 Å². The number of nitrogens with one attached hydrogen (secondary N) is 1. The minimum absolute atomic E-state index is 0.429. The fourth-order valence-electron chi connectivity index (χ4n) is 2.92. The lowest BCUT2D eigenvalue weighted by Crippen LogP contribution is -2.38. The molecule has 1 fully saturated rings. The van der Waals surface area contributed by atoms with Crippen LogP contribution in [0.2, 0.25) is 0 Å². The van der Waals surface area contributed by atoms with Gasteiger partial charge in [-0.2, -0.15) is 0 Å². The summed E-state index contributed by atoms with van der Waals surface area (Å²) in [6.45, 7) is 0. The van der Waals surface area contributed by atoms with Gasteiger partial charge in [0.1, 0.15) is 0 Å². The van der Waals surface area contributed by atoms with E-state index in [1.165, 1.54) is 53.6 Å². The number of hydrazine groups is 1. The van der Waals surface area contributed by atoms with Crippen LogP contribution in [-0.4, -0.2) is 6.04 Å². The Balaban J connectivity index is 1.84. The van der Waals surface area contributed by atoms with Crippen molar-refractivity contribution in [3.05, 3.63) is 20.8 Å². The number of halogens is 1. The van der Waals surface area contributed by atoms with Gasteiger partial charge in [-0.25, -0.2) is 0 Å². The Labute approximate surface area is 122 Å². The molecule has 0 amide bonds. The van der Waals surface area contributed by atoms with Crippen LogP contribution in [0, 0.1) is 5.92 Å². The normalized spacial score (nSPS) is 19.7. The van der Waals surface area contributed by atoms with E-state index in [1.807, 2.05) is 11.3 Å². The predicted molar refractivity (Wildman–Crippen MR) is 82.6 cm³/mol. The predicted octanol–water partition coefficient (Wildman–Crippen LogP) is 4.25. The fourth-order valence-corrected chi connectivity index (χ4v) is 4.48. The van der Waals surface area contributed by atoms with Gasteiger partial charge in [-0.05, 0) is 46.8 Å². The van der Waals surface area contributed by atoms with Crippen LogP contribution < -0.4 is 11.3 Å². The van der Waals surface area contributed by atoms with E-state index in [4.69, 9.17) is 5.84 Å². The van der Waals surface area contributed by atoms with E-state index in [0.717, 1.165) is 12.3 Å². The lowest BCUT2D eigenvalue weighted by atomic mass is 9.91. The number of thiophene rings is 1. The number of rotatable bonds is 5. The van der Waals surface area contributed by atoms with Gasteiger partial charge in [0.25, 0.3) is 0 Å². The third kappa shape index (κ3) is 4.65. The molecule has 1 aliphatic carbocycles. The molecule has 0 radical (unpaired) electrons. The average molecular weight is 331 g/mol. The number of nitrogens with two attached hydrogens (primary N) is 1. The van der Waals surface area contributed by atoms with Gasteiger partial charge in [0.2, 0.25) is 0 Å².